The fourth-order valence-corrected chi connectivity index (χ4v) is 2.63. The molecule has 0 amide bonds. The van der Waals surface area contributed by atoms with Crippen molar-refractivity contribution in [3.8, 4) is 5.75 Å². The standard InChI is InChI=1S/C19H22N4O4/c1-4-26-19(25)15-16(24)14(27-18(15)21-8-9-23(2)3)10-12-11-22-17-13(12)6-5-7-20-17/h5-7,10-11,21,24H,4,8-9H2,1-3H3. The van der Waals surface area contributed by atoms with Crippen LogP contribution in [0.5, 0.6) is 5.75 Å². The highest BCUT2D eigenvalue weighted by atomic mass is 16.5. The van der Waals surface area contributed by atoms with Crippen LogP contribution in [0.15, 0.2) is 27.7 Å². The van der Waals surface area contributed by atoms with Crippen LogP contribution in [0, 0.1) is 0 Å². The molecule has 27 heavy (non-hydrogen) atoms. The number of fused-ring (bicyclic) bond motifs is 1. The van der Waals surface area contributed by atoms with Gasteiger partial charge in [0.05, 0.1) is 6.61 Å². The summed E-state index contributed by atoms with van der Waals surface area (Å²) in [4.78, 5) is 22.7. The molecule has 0 aliphatic carbocycles. The Morgan fingerprint density at radius 1 is 1.44 bits per heavy atom. The summed E-state index contributed by atoms with van der Waals surface area (Å²) >= 11 is 0. The third-order valence-electron chi connectivity index (χ3n) is 3.94. The van der Waals surface area contributed by atoms with Gasteiger partial charge in [0.1, 0.15) is 0 Å². The molecule has 2 aromatic rings. The van der Waals surface area contributed by atoms with Crippen LogP contribution in [0.2, 0.25) is 0 Å². The Balaban J connectivity index is 1.95. The Labute approximate surface area is 157 Å². The molecule has 8 nitrogen and oxygen atoms in total. The number of aliphatic imine (C=N–C) groups is 1. The lowest BCUT2D eigenvalue weighted by Crippen LogP contribution is -2.21. The molecule has 8 heteroatoms. The van der Waals surface area contributed by atoms with Gasteiger partial charge in [-0.3, -0.25) is 0 Å². The van der Waals surface area contributed by atoms with Crippen molar-refractivity contribution in [3.05, 3.63) is 35.2 Å². The molecule has 0 saturated heterocycles. The molecule has 2 N–H and O–H groups in total. The fourth-order valence-electron chi connectivity index (χ4n) is 2.63. The van der Waals surface area contributed by atoms with Gasteiger partial charge in [0.2, 0.25) is 5.88 Å². The number of aromatic nitrogens is 1. The molecule has 142 valence electrons. The number of hydrogen-bond donors (Lipinski definition) is 2. The number of carbonyl (C=O) groups is 1. The minimum Gasteiger partial charge on any atom is -0.504 e. The van der Waals surface area contributed by atoms with Crippen LogP contribution >= 0.6 is 0 Å². The van der Waals surface area contributed by atoms with Gasteiger partial charge in [0.25, 0.3) is 0 Å². The maximum atomic E-state index is 12.3. The van der Waals surface area contributed by atoms with Crippen LogP contribution in [-0.4, -0.2) is 61.0 Å². The second-order valence-corrected chi connectivity index (χ2v) is 6.20. The SMILES string of the molecule is CCOC(=O)c1c(NCCN(C)C)oc(C=C2C=Nc3ncccc32)c1O. The number of likely N-dealkylation sites (N-methyl/N-ethyl adjacent to an activating group) is 1. The van der Waals surface area contributed by atoms with E-state index < -0.39 is 5.97 Å². The van der Waals surface area contributed by atoms with Gasteiger partial charge in [-0.25, -0.2) is 14.8 Å². The van der Waals surface area contributed by atoms with E-state index in [1.807, 2.05) is 31.1 Å². The van der Waals surface area contributed by atoms with Gasteiger partial charge in [-0.2, -0.15) is 0 Å². The van der Waals surface area contributed by atoms with Gasteiger partial charge in [-0.1, -0.05) is 0 Å². The number of pyridine rings is 1. The van der Waals surface area contributed by atoms with Gasteiger partial charge >= 0.3 is 5.97 Å². The van der Waals surface area contributed by atoms with E-state index in [1.165, 1.54) is 0 Å². The number of carbonyl (C=O) groups excluding carboxylic acids is 1. The number of ether oxygens (including phenoxy) is 1. The average molecular weight is 370 g/mol. The quantitative estimate of drug-likeness (QED) is 0.723. The van der Waals surface area contributed by atoms with Gasteiger partial charge < -0.3 is 24.5 Å². The number of allylic oxidation sites excluding steroid dienone is 1. The number of aromatic hydroxyl groups is 1. The van der Waals surface area contributed by atoms with Crippen molar-refractivity contribution in [3.63, 3.8) is 0 Å². The topological polar surface area (TPSA) is 100 Å². The first-order chi connectivity index (χ1) is 13.0. The lowest BCUT2D eigenvalue weighted by atomic mass is 10.1. The first-order valence-corrected chi connectivity index (χ1v) is 8.64. The second-order valence-electron chi connectivity index (χ2n) is 6.20. The van der Waals surface area contributed by atoms with E-state index in [0.29, 0.717) is 12.4 Å². The van der Waals surface area contributed by atoms with Crippen molar-refractivity contribution < 1.29 is 19.1 Å². The van der Waals surface area contributed by atoms with E-state index in [9.17, 15) is 9.90 Å². The summed E-state index contributed by atoms with van der Waals surface area (Å²) in [6.07, 6.45) is 4.93. The van der Waals surface area contributed by atoms with E-state index in [0.717, 1.165) is 17.7 Å². The number of nitrogens with one attached hydrogen (secondary N) is 1. The van der Waals surface area contributed by atoms with Crippen molar-refractivity contribution in [2.45, 2.75) is 6.92 Å². The third-order valence-corrected chi connectivity index (χ3v) is 3.94. The predicted molar refractivity (Wildman–Crippen MR) is 104 cm³/mol. The first-order valence-electron chi connectivity index (χ1n) is 8.64. The summed E-state index contributed by atoms with van der Waals surface area (Å²) in [5.74, 6) is 0.0336. The zero-order chi connectivity index (χ0) is 19.4. The maximum Gasteiger partial charge on any atom is 0.347 e. The Hall–Kier alpha value is -3.13. The lowest BCUT2D eigenvalue weighted by molar-refractivity contribution is 0.0524. The third kappa shape index (κ3) is 4.01. The number of anilines is 1. The zero-order valence-corrected chi connectivity index (χ0v) is 15.5. The molecule has 0 bridgehead atoms. The van der Waals surface area contributed by atoms with Crippen LogP contribution in [0.1, 0.15) is 28.6 Å². The van der Waals surface area contributed by atoms with E-state index in [2.05, 4.69) is 15.3 Å². The van der Waals surface area contributed by atoms with Crippen LogP contribution < -0.4 is 5.32 Å². The molecular weight excluding hydrogens is 348 g/mol. The molecule has 0 spiro atoms. The minimum atomic E-state index is -0.641. The molecular formula is C19H22N4O4. The van der Waals surface area contributed by atoms with Gasteiger partial charge in [0.15, 0.2) is 22.9 Å². The summed E-state index contributed by atoms with van der Waals surface area (Å²) in [5, 5.41) is 13.6. The largest absolute Gasteiger partial charge is 0.504 e. The molecule has 3 heterocycles. The Bertz CT molecular complexity index is 899. The zero-order valence-electron chi connectivity index (χ0n) is 15.5. The molecule has 0 aromatic carbocycles. The van der Waals surface area contributed by atoms with Gasteiger partial charge in [-0.05, 0) is 39.2 Å². The van der Waals surface area contributed by atoms with Crippen LogP contribution in [0.4, 0.5) is 11.7 Å². The van der Waals surface area contributed by atoms with E-state index in [1.54, 1.807) is 25.4 Å². The Morgan fingerprint density at radius 2 is 2.26 bits per heavy atom. The second kappa shape index (κ2) is 8.05. The summed E-state index contributed by atoms with van der Waals surface area (Å²) in [6, 6.07) is 3.69. The lowest BCUT2D eigenvalue weighted by Gasteiger charge is -2.10. The maximum absolute atomic E-state index is 12.3. The van der Waals surface area contributed by atoms with Gasteiger partial charge in [0, 0.05) is 36.6 Å². The molecule has 3 rings (SSSR count). The summed E-state index contributed by atoms with van der Waals surface area (Å²) in [7, 11) is 3.88. The molecule has 0 atom stereocenters. The molecule has 0 fully saturated rings. The molecule has 0 saturated carbocycles. The summed E-state index contributed by atoms with van der Waals surface area (Å²) in [5.41, 5.74) is 1.55. The number of hydrogen-bond acceptors (Lipinski definition) is 8. The highest BCUT2D eigenvalue weighted by molar-refractivity contribution is 6.21. The minimum absolute atomic E-state index is 0.0104. The fraction of sp³-hybridized carbons (Fsp3) is 0.316. The number of rotatable bonds is 7. The van der Waals surface area contributed by atoms with Gasteiger partial charge in [-0.15, -0.1) is 0 Å². The normalized spacial score (nSPS) is 14.0. The highest BCUT2D eigenvalue weighted by Gasteiger charge is 2.27. The first kappa shape index (κ1) is 18.7. The van der Waals surface area contributed by atoms with Crippen molar-refractivity contribution in [2.24, 2.45) is 4.99 Å². The Morgan fingerprint density at radius 3 is 3.00 bits per heavy atom. The van der Waals surface area contributed by atoms with E-state index in [-0.39, 0.29) is 29.6 Å². The molecule has 1 aliphatic rings. The smallest absolute Gasteiger partial charge is 0.347 e. The number of furan rings is 1. The molecule has 1 aliphatic heterocycles. The highest BCUT2D eigenvalue weighted by Crippen LogP contribution is 2.38. The van der Waals surface area contributed by atoms with Crippen molar-refractivity contribution in [2.75, 3.05) is 39.1 Å². The van der Waals surface area contributed by atoms with Crippen molar-refractivity contribution in [1.82, 2.24) is 9.88 Å². The Kier molecular flexibility index (Phi) is 5.56. The van der Waals surface area contributed by atoms with E-state index in [4.69, 9.17) is 9.15 Å². The van der Waals surface area contributed by atoms with Crippen LogP contribution in [0.25, 0.3) is 11.6 Å². The molecule has 0 radical (unpaired) electrons. The number of nitrogens with zero attached hydrogens (tertiary/aromatic N) is 3. The number of esters is 1. The van der Waals surface area contributed by atoms with Crippen LogP contribution in [-0.2, 0) is 4.74 Å². The van der Waals surface area contributed by atoms with E-state index >= 15 is 0 Å². The molecule has 2 aromatic heterocycles. The monoisotopic (exact) mass is 370 g/mol. The average Bonchev–Trinajstić information content (AvgIpc) is 3.17. The summed E-state index contributed by atoms with van der Waals surface area (Å²) < 4.78 is 10.8. The van der Waals surface area contributed by atoms with Crippen LogP contribution in [0.3, 0.4) is 0 Å². The summed E-state index contributed by atoms with van der Waals surface area (Å²) in [6.45, 7) is 3.17. The predicted octanol–water partition coefficient (Wildman–Crippen LogP) is 2.79. The van der Waals surface area contributed by atoms with Crippen molar-refractivity contribution >= 4 is 35.5 Å². The molecule has 0 unspecified atom stereocenters. The van der Waals surface area contributed by atoms with Crippen molar-refractivity contribution in [1.29, 1.82) is 0 Å².